The number of aryl methyl sites for hydroxylation is 1. The van der Waals surface area contributed by atoms with Crippen LogP contribution in [0.2, 0.25) is 5.02 Å². The Morgan fingerprint density at radius 2 is 2.10 bits per heavy atom. The largest absolute Gasteiger partial charge is 0.341 e. The fourth-order valence-corrected chi connectivity index (χ4v) is 1.71. The van der Waals surface area contributed by atoms with E-state index < -0.39 is 17.5 Å². The lowest BCUT2D eigenvalue weighted by Gasteiger charge is -2.08. The van der Waals surface area contributed by atoms with Crippen molar-refractivity contribution in [2.24, 2.45) is 0 Å². The van der Waals surface area contributed by atoms with Crippen molar-refractivity contribution in [3.63, 3.8) is 0 Å². The topological polar surface area (TPSA) is 120 Å². The molecule has 0 spiro atoms. The summed E-state index contributed by atoms with van der Waals surface area (Å²) in [6, 6.07) is 4.96. The Kier molecular flexibility index (Phi) is 4.39. The molecule has 0 aliphatic heterocycles. The summed E-state index contributed by atoms with van der Waals surface area (Å²) in [5.41, 5.74) is 0.742. The number of nitrogens with one attached hydrogen (secondary N) is 4. The van der Waals surface area contributed by atoms with Gasteiger partial charge in [0.1, 0.15) is 5.82 Å². The average molecular weight is 310 g/mol. The molecule has 1 heterocycles. The molecule has 110 valence electrons. The van der Waals surface area contributed by atoms with Crippen molar-refractivity contribution < 1.29 is 9.59 Å². The van der Waals surface area contributed by atoms with E-state index in [1.807, 2.05) is 0 Å². The molecule has 1 aromatic carbocycles. The number of benzene rings is 1. The van der Waals surface area contributed by atoms with E-state index in [1.165, 1.54) is 0 Å². The standard InChI is InChI=1S/C12H12ClN5O3/c1-6-2-3-7(13)4-8(6)15-11(20)10(19)14-5-9-16-12(21)18-17-9/h2-4H,5H2,1H3,(H,14,19)(H,15,20)(H2,16,17,18,21). The molecular weight excluding hydrogens is 298 g/mol. The first-order valence-electron chi connectivity index (χ1n) is 5.94. The van der Waals surface area contributed by atoms with Gasteiger partial charge in [-0.25, -0.2) is 9.89 Å². The van der Waals surface area contributed by atoms with Gasteiger partial charge in [0.05, 0.1) is 6.54 Å². The maximum Gasteiger partial charge on any atom is 0.340 e. The summed E-state index contributed by atoms with van der Waals surface area (Å²) in [6.07, 6.45) is 0. The quantitative estimate of drug-likeness (QED) is 0.610. The minimum atomic E-state index is -0.849. The number of hydrogen-bond acceptors (Lipinski definition) is 4. The third kappa shape index (κ3) is 3.93. The van der Waals surface area contributed by atoms with E-state index in [4.69, 9.17) is 11.6 Å². The molecule has 2 amide bonds. The number of rotatable bonds is 3. The fourth-order valence-electron chi connectivity index (χ4n) is 1.54. The van der Waals surface area contributed by atoms with Crippen LogP contribution in [0, 0.1) is 6.92 Å². The summed E-state index contributed by atoms with van der Waals surface area (Å²) in [4.78, 5) is 36.5. The molecule has 0 bridgehead atoms. The number of carbonyl (C=O) groups is 2. The Hall–Kier alpha value is -2.61. The van der Waals surface area contributed by atoms with Gasteiger partial charge in [0.25, 0.3) is 0 Å². The highest BCUT2D eigenvalue weighted by atomic mass is 35.5. The van der Waals surface area contributed by atoms with Crippen molar-refractivity contribution in [2.75, 3.05) is 5.32 Å². The predicted octanol–water partition coefficient (Wildman–Crippen LogP) is 0.315. The molecule has 0 fully saturated rings. The second-order valence-electron chi connectivity index (χ2n) is 4.22. The molecule has 0 saturated heterocycles. The number of amides is 2. The van der Waals surface area contributed by atoms with Gasteiger partial charge in [-0.05, 0) is 24.6 Å². The molecule has 1 aromatic heterocycles. The number of carbonyl (C=O) groups excluding carboxylic acids is 2. The van der Waals surface area contributed by atoms with Crippen molar-refractivity contribution >= 4 is 29.1 Å². The van der Waals surface area contributed by atoms with Crippen LogP contribution < -0.4 is 16.3 Å². The second-order valence-corrected chi connectivity index (χ2v) is 4.66. The Morgan fingerprint density at radius 3 is 2.76 bits per heavy atom. The van der Waals surface area contributed by atoms with Crippen LogP contribution in [0.3, 0.4) is 0 Å². The highest BCUT2D eigenvalue weighted by Crippen LogP contribution is 2.19. The normalized spacial score (nSPS) is 10.2. The summed E-state index contributed by atoms with van der Waals surface area (Å²) < 4.78 is 0. The molecule has 0 saturated carbocycles. The Balaban J connectivity index is 1.95. The molecule has 0 aliphatic carbocycles. The van der Waals surface area contributed by atoms with Gasteiger partial charge in [-0.2, -0.15) is 5.10 Å². The molecule has 2 aromatic rings. The van der Waals surface area contributed by atoms with E-state index in [-0.39, 0.29) is 12.4 Å². The van der Waals surface area contributed by atoms with Gasteiger partial charge in [0.2, 0.25) is 0 Å². The van der Waals surface area contributed by atoms with Crippen molar-refractivity contribution in [3.05, 3.63) is 45.1 Å². The molecule has 0 unspecified atom stereocenters. The third-order valence-electron chi connectivity index (χ3n) is 2.62. The van der Waals surface area contributed by atoms with Crippen molar-refractivity contribution in [1.82, 2.24) is 20.5 Å². The molecule has 0 radical (unpaired) electrons. The number of aromatic amines is 2. The van der Waals surface area contributed by atoms with E-state index in [1.54, 1.807) is 25.1 Å². The zero-order valence-corrected chi connectivity index (χ0v) is 11.7. The zero-order chi connectivity index (χ0) is 15.4. The minimum absolute atomic E-state index is 0.0699. The highest BCUT2D eigenvalue weighted by molar-refractivity contribution is 6.39. The molecule has 2 rings (SSSR count). The van der Waals surface area contributed by atoms with Gasteiger partial charge >= 0.3 is 17.5 Å². The van der Waals surface area contributed by atoms with Crippen LogP contribution in [0.1, 0.15) is 11.4 Å². The van der Waals surface area contributed by atoms with E-state index in [0.29, 0.717) is 10.7 Å². The van der Waals surface area contributed by atoms with E-state index in [2.05, 4.69) is 25.8 Å². The monoisotopic (exact) mass is 309 g/mol. The van der Waals surface area contributed by atoms with Gasteiger partial charge in [0.15, 0.2) is 0 Å². The molecule has 21 heavy (non-hydrogen) atoms. The van der Waals surface area contributed by atoms with Crippen LogP contribution in [-0.4, -0.2) is 27.0 Å². The van der Waals surface area contributed by atoms with Gasteiger partial charge in [-0.15, -0.1) is 0 Å². The van der Waals surface area contributed by atoms with Crippen molar-refractivity contribution in [1.29, 1.82) is 0 Å². The number of anilines is 1. The summed E-state index contributed by atoms with van der Waals surface area (Å²) >= 11 is 5.83. The number of aromatic nitrogens is 3. The van der Waals surface area contributed by atoms with Crippen LogP contribution in [0.5, 0.6) is 0 Å². The summed E-state index contributed by atoms with van der Waals surface area (Å²) in [7, 11) is 0. The lowest BCUT2D eigenvalue weighted by molar-refractivity contribution is -0.136. The first-order chi connectivity index (χ1) is 9.95. The Bertz CT molecular complexity index is 736. The summed E-state index contributed by atoms with van der Waals surface area (Å²) in [5, 5.41) is 11.0. The molecule has 0 aliphatic rings. The van der Waals surface area contributed by atoms with E-state index >= 15 is 0 Å². The highest BCUT2D eigenvalue weighted by Gasteiger charge is 2.15. The maximum absolute atomic E-state index is 11.7. The van der Waals surface area contributed by atoms with Gasteiger partial charge in [0, 0.05) is 10.7 Å². The molecule has 4 N–H and O–H groups in total. The van der Waals surface area contributed by atoms with Gasteiger partial charge in [-0.1, -0.05) is 17.7 Å². The minimum Gasteiger partial charge on any atom is -0.341 e. The van der Waals surface area contributed by atoms with Crippen LogP contribution in [-0.2, 0) is 16.1 Å². The lowest BCUT2D eigenvalue weighted by Crippen LogP contribution is -2.35. The molecule has 8 nitrogen and oxygen atoms in total. The SMILES string of the molecule is Cc1ccc(Cl)cc1NC(=O)C(=O)NCc1n[nH]c(=O)[nH]1. The van der Waals surface area contributed by atoms with Crippen LogP contribution in [0.25, 0.3) is 0 Å². The van der Waals surface area contributed by atoms with Crippen molar-refractivity contribution in [2.45, 2.75) is 13.5 Å². The zero-order valence-electron chi connectivity index (χ0n) is 11.0. The Labute approximate surface area is 123 Å². The first-order valence-corrected chi connectivity index (χ1v) is 6.32. The Morgan fingerprint density at radius 1 is 1.33 bits per heavy atom. The second kappa shape index (κ2) is 6.23. The number of hydrogen-bond donors (Lipinski definition) is 4. The van der Waals surface area contributed by atoms with Crippen LogP contribution in [0.4, 0.5) is 5.69 Å². The number of nitrogens with zero attached hydrogens (tertiary/aromatic N) is 1. The summed E-state index contributed by atoms with van der Waals surface area (Å²) in [5.74, 6) is -1.46. The van der Waals surface area contributed by atoms with Gasteiger partial charge < -0.3 is 10.6 Å². The van der Waals surface area contributed by atoms with Crippen molar-refractivity contribution in [3.8, 4) is 0 Å². The number of halogens is 1. The predicted molar refractivity (Wildman–Crippen MR) is 75.9 cm³/mol. The first kappa shape index (κ1) is 14.8. The average Bonchev–Trinajstić information content (AvgIpc) is 2.86. The lowest BCUT2D eigenvalue weighted by atomic mass is 10.2. The maximum atomic E-state index is 11.7. The smallest absolute Gasteiger partial charge is 0.340 e. The van der Waals surface area contributed by atoms with E-state index in [0.717, 1.165) is 5.56 Å². The molecule has 9 heteroatoms. The molecular formula is C12H12ClN5O3. The van der Waals surface area contributed by atoms with Gasteiger partial charge in [-0.3, -0.25) is 14.6 Å². The molecule has 0 atom stereocenters. The number of H-pyrrole nitrogens is 2. The third-order valence-corrected chi connectivity index (χ3v) is 2.86. The van der Waals surface area contributed by atoms with E-state index in [9.17, 15) is 14.4 Å². The van der Waals surface area contributed by atoms with Crippen LogP contribution in [0.15, 0.2) is 23.0 Å². The fraction of sp³-hybridized carbons (Fsp3) is 0.167. The summed E-state index contributed by atoms with van der Waals surface area (Å²) in [6.45, 7) is 1.71. The van der Waals surface area contributed by atoms with Crippen LogP contribution >= 0.6 is 11.6 Å².